The van der Waals surface area contributed by atoms with E-state index >= 15 is 0 Å². The van der Waals surface area contributed by atoms with Crippen LogP contribution in [-0.2, 0) is 32.7 Å². The summed E-state index contributed by atoms with van der Waals surface area (Å²) in [6.45, 7) is 3.16. The maximum absolute atomic E-state index is 11.9. The van der Waals surface area contributed by atoms with Gasteiger partial charge in [0.15, 0.2) is 6.10 Å². The predicted molar refractivity (Wildman–Crippen MR) is 99.9 cm³/mol. The standard InChI is InChI=1S/C17H34NO8P/c1-6-7-8-9-10-17(20)26-16(13-23-15(2)19)14-25-27(21,22)24-12-11-18(3,4)5/h16H,6-14H2,1-5H3/p+1/t16-/m1/s1. The number of rotatable bonds is 15. The van der Waals surface area contributed by atoms with Gasteiger partial charge in [0.1, 0.15) is 19.8 Å². The minimum Gasteiger partial charge on any atom is -0.462 e. The Labute approximate surface area is 162 Å². The summed E-state index contributed by atoms with van der Waals surface area (Å²) in [5.74, 6) is -1.02. The fraction of sp³-hybridized carbons (Fsp3) is 0.882. The van der Waals surface area contributed by atoms with Crippen molar-refractivity contribution in [1.82, 2.24) is 0 Å². The van der Waals surface area contributed by atoms with Gasteiger partial charge in [0, 0.05) is 13.3 Å². The van der Waals surface area contributed by atoms with Gasteiger partial charge in [0.25, 0.3) is 0 Å². The first-order chi connectivity index (χ1) is 12.4. The van der Waals surface area contributed by atoms with Gasteiger partial charge in [0.05, 0.1) is 27.7 Å². The summed E-state index contributed by atoms with van der Waals surface area (Å²) in [7, 11) is 1.46. The molecule has 27 heavy (non-hydrogen) atoms. The van der Waals surface area contributed by atoms with Crippen molar-refractivity contribution in [3.8, 4) is 0 Å². The Kier molecular flexibility index (Phi) is 12.7. The molecule has 0 aliphatic carbocycles. The van der Waals surface area contributed by atoms with Crippen molar-refractivity contribution in [3.05, 3.63) is 0 Å². The van der Waals surface area contributed by atoms with Crippen LogP contribution in [0.4, 0.5) is 0 Å². The molecule has 0 heterocycles. The number of hydrogen-bond donors (Lipinski definition) is 1. The average Bonchev–Trinajstić information content (AvgIpc) is 2.52. The molecule has 0 amide bonds. The highest BCUT2D eigenvalue weighted by atomic mass is 31.2. The fourth-order valence-electron chi connectivity index (χ4n) is 1.91. The maximum Gasteiger partial charge on any atom is 0.472 e. The molecule has 10 heteroatoms. The predicted octanol–water partition coefficient (Wildman–Crippen LogP) is 2.27. The van der Waals surface area contributed by atoms with E-state index in [9.17, 15) is 19.0 Å². The molecule has 0 saturated carbocycles. The normalized spacial score (nSPS) is 15.0. The van der Waals surface area contributed by atoms with E-state index in [2.05, 4.69) is 6.92 Å². The summed E-state index contributed by atoms with van der Waals surface area (Å²) in [6.07, 6.45) is 2.95. The Morgan fingerprint density at radius 3 is 2.30 bits per heavy atom. The monoisotopic (exact) mass is 412 g/mol. The van der Waals surface area contributed by atoms with Crippen molar-refractivity contribution in [2.75, 3.05) is 47.5 Å². The Bertz CT molecular complexity index is 492. The lowest BCUT2D eigenvalue weighted by Crippen LogP contribution is -2.37. The minimum absolute atomic E-state index is 0.0309. The Morgan fingerprint density at radius 1 is 1.07 bits per heavy atom. The molecular formula is C17H35NO8P+. The SMILES string of the molecule is CCCCCCC(=O)O[C@H](COC(C)=O)COP(=O)(O)OCC[N+](C)(C)C. The van der Waals surface area contributed by atoms with E-state index in [0.29, 0.717) is 17.4 Å². The van der Waals surface area contributed by atoms with Crippen LogP contribution in [0.15, 0.2) is 0 Å². The molecule has 0 aromatic rings. The molecule has 0 spiro atoms. The Morgan fingerprint density at radius 2 is 1.74 bits per heavy atom. The lowest BCUT2D eigenvalue weighted by Gasteiger charge is -2.24. The number of quaternary nitrogens is 1. The number of unbranched alkanes of at least 4 members (excludes halogenated alkanes) is 3. The number of ether oxygens (including phenoxy) is 2. The van der Waals surface area contributed by atoms with E-state index in [4.69, 9.17) is 18.5 Å². The molecule has 0 rings (SSSR count). The van der Waals surface area contributed by atoms with Crippen LogP contribution in [0.25, 0.3) is 0 Å². The number of phosphoric ester groups is 1. The van der Waals surface area contributed by atoms with Gasteiger partial charge < -0.3 is 18.9 Å². The summed E-state index contributed by atoms with van der Waals surface area (Å²) in [5.41, 5.74) is 0. The molecule has 9 nitrogen and oxygen atoms in total. The molecule has 0 fully saturated rings. The number of esters is 2. The van der Waals surface area contributed by atoms with Crippen LogP contribution in [0.5, 0.6) is 0 Å². The number of phosphoric acid groups is 1. The molecule has 0 aliphatic heterocycles. The van der Waals surface area contributed by atoms with E-state index in [-0.39, 0.29) is 19.6 Å². The van der Waals surface area contributed by atoms with Crippen LogP contribution >= 0.6 is 7.82 Å². The largest absolute Gasteiger partial charge is 0.472 e. The highest BCUT2D eigenvalue weighted by Gasteiger charge is 2.26. The summed E-state index contributed by atoms with van der Waals surface area (Å²) < 4.78 is 32.3. The molecule has 0 aromatic carbocycles. The van der Waals surface area contributed by atoms with Crippen LogP contribution in [0.1, 0.15) is 46.0 Å². The first-order valence-electron chi connectivity index (χ1n) is 9.20. The molecule has 1 unspecified atom stereocenters. The highest BCUT2D eigenvalue weighted by molar-refractivity contribution is 7.47. The van der Waals surface area contributed by atoms with Crippen molar-refractivity contribution in [3.63, 3.8) is 0 Å². The highest BCUT2D eigenvalue weighted by Crippen LogP contribution is 2.43. The van der Waals surface area contributed by atoms with Gasteiger partial charge in [-0.15, -0.1) is 0 Å². The van der Waals surface area contributed by atoms with Crippen LogP contribution in [0.3, 0.4) is 0 Å². The average molecular weight is 412 g/mol. The number of likely N-dealkylation sites (N-methyl/N-ethyl adjacent to an activating group) is 1. The second-order valence-corrected chi connectivity index (χ2v) is 8.79. The summed E-state index contributed by atoms with van der Waals surface area (Å²) in [6, 6.07) is 0. The van der Waals surface area contributed by atoms with Crippen molar-refractivity contribution < 1.29 is 42.1 Å². The third-order valence-corrected chi connectivity index (χ3v) is 4.43. The number of carbonyl (C=O) groups is 2. The van der Waals surface area contributed by atoms with Gasteiger partial charge in [-0.1, -0.05) is 26.2 Å². The smallest absolute Gasteiger partial charge is 0.462 e. The first-order valence-corrected chi connectivity index (χ1v) is 10.7. The molecule has 0 radical (unpaired) electrons. The topological polar surface area (TPSA) is 108 Å². The summed E-state index contributed by atoms with van der Waals surface area (Å²) >= 11 is 0. The third-order valence-electron chi connectivity index (χ3n) is 3.45. The van der Waals surface area contributed by atoms with Crippen molar-refractivity contribution >= 4 is 19.8 Å². The molecule has 0 bridgehead atoms. The van der Waals surface area contributed by atoms with Crippen LogP contribution < -0.4 is 0 Å². The lowest BCUT2D eigenvalue weighted by molar-refractivity contribution is -0.870. The van der Waals surface area contributed by atoms with E-state index in [1.165, 1.54) is 6.92 Å². The Hall–Kier alpha value is -0.990. The van der Waals surface area contributed by atoms with Crippen molar-refractivity contribution in [1.29, 1.82) is 0 Å². The van der Waals surface area contributed by atoms with Gasteiger partial charge in [-0.05, 0) is 6.42 Å². The molecular weight excluding hydrogens is 377 g/mol. The van der Waals surface area contributed by atoms with E-state index < -0.39 is 32.5 Å². The second kappa shape index (κ2) is 13.2. The quantitative estimate of drug-likeness (QED) is 0.189. The molecule has 2 atom stereocenters. The van der Waals surface area contributed by atoms with E-state index in [1.807, 2.05) is 21.1 Å². The third kappa shape index (κ3) is 16.9. The molecule has 0 aliphatic rings. The lowest BCUT2D eigenvalue weighted by atomic mass is 10.1. The second-order valence-electron chi connectivity index (χ2n) is 7.34. The van der Waals surface area contributed by atoms with Crippen molar-refractivity contribution in [2.45, 2.75) is 52.1 Å². The van der Waals surface area contributed by atoms with E-state index in [0.717, 1.165) is 19.3 Å². The van der Waals surface area contributed by atoms with Crippen LogP contribution in [0.2, 0.25) is 0 Å². The van der Waals surface area contributed by atoms with E-state index in [1.54, 1.807) is 0 Å². The number of hydrogen-bond acceptors (Lipinski definition) is 7. The zero-order valence-electron chi connectivity index (χ0n) is 17.1. The molecule has 0 saturated heterocycles. The first kappa shape index (κ1) is 26.0. The number of nitrogens with zero attached hydrogens (tertiary/aromatic N) is 1. The van der Waals surface area contributed by atoms with Crippen LogP contribution in [-0.4, -0.2) is 74.9 Å². The number of carbonyl (C=O) groups excluding carboxylic acids is 2. The van der Waals surface area contributed by atoms with Crippen LogP contribution in [0, 0.1) is 0 Å². The summed E-state index contributed by atoms with van der Waals surface area (Å²) in [5, 5.41) is 0. The van der Waals surface area contributed by atoms with Gasteiger partial charge >= 0.3 is 19.8 Å². The fourth-order valence-corrected chi connectivity index (χ4v) is 2.65. The zero-order chi connectivity index (χ0) is 20.9. The Balaban J connectivity index is 4.46. The minimum atomic E-state index is -4.30. The van der Waals surface area contributed by atoms with Crippen molar-refractivity contribution in [2.24, 2.45) is 0 Å². The molecule has 0 aromatic heterocycles. The zero-order valence-corrected chi connectivity index (χ0v) is 18.0. The van der Waals surface area contributed by atoms with Gasteiger partial charge in [-0.2, -0.15) is 0 Å². The van der Waals surface area contributed by atoms with Gasteiger partial charge in [-0.3, -0.25) is 18.6 Å². The van der Waals surface area contributed by atoms with Gasteiger partial charge in [0.2, 0.25) is 0 Å². The maximum atomic E-state index is 11.9. The molecule has 160 valence electrons. The molecule has 1 N–H and O–H groups in total. The van der Waals surface area contributed by atoms with Gasteiger partial charge in [-0.25, -0.2) is 4.57 Å². The summed E-state index contributed by atoms with van der Waals surface area (Å²) in [4.78, 5) is 32.6.